The summed E-state index contributed by atoms with van der Waals surface area (Å²) in [7, 11) is 0. The molecule has 2 nitrogen and oxygen atoms in total. The zero-order valence-electron chi connectivity index (χ0n) is 7.48. The molecule has 1 aromatic heterocycles. The lowest BCUT2D eigenvalue weighted by molar-refractivity contribution is 0.706. The Labute approximate surface area is 95.4 Å². The van der Waals surface area contributed by atoms with Crippen LogP contribution in [0.2, 0.25) is 0 Å². The maximum Gasteiger partial charge on any atom is 0.0558 e. The molecule has 1 N–H and O–H groups in total. The summed E-state index contributed by atoms with van der Waals surface area (Å²) in [5, 5.41) is 3.27. The molecule has 0 unspecified atom stereocenters. The standard InChI is InChI=1S/C9H12Br2N2/c1-2-12-4-3-9-8(11)5-7(10)6-13-9/h5-6,12H,2-4H2,1H3. The van der Waals surface area contributed by atoms with Crippen molar-refractivity contribution < 1.29 is 0 Å². The van der Waals surface area contributed by atoms with E-state index in [-0.39, 0.29) is 0 Å². The van der Waals surface area contributed by atoms with E-state index in [0.717, 1.165) is 34.1 Å². The van der Waals surface area contributed by atoms with Gasteiger partial charge in [0.05, 0.1) is 5.69 Å². The van der Waals surface area contributed by atoms with Crippen molar-refractivity contribution >= 4 is 31.9 Å². The molecule has 0 aromatic carbocycles. The number of pyridine rings is 1. The highest BCUT2D eigenvalue weighted by Crippen LogP contribution is 2.19. The molecular formula is C9H12Br2N2. The van der Waals surface area contributed by atoms with Crippen molar-refractivity contribution in [1.29, 1.82) is 0 Å². The first-order valence-electron chi connectivity index (χ1n) is 4.24. The highest BCUT2D eigenvalue weighted by Gasteiger charge is 2.00. The topological polar surface area (TPSA) is 24.9 Å². The third kappa shape index (κ3) is 3.75. The van der Waals surface area contributed by atoms with E-state index in [4.69, 9.17) is 0 Å². The van der Waals surface area contributed by atoms with Gasteiger partial charge >= 0.3 is 0 Å². The highest BCUT2D eigenvalue weighted by atomic mass is 79.9. The number of nitrogens with zero attached hydrogens (tertiary/aromatic N) is 1. The van der Waals surface area contributed by atoms with E-state index in [1.54, 1.807) is 0 Å². The Hall–Kier alpha value is 0.0700. The zero-order chi connectivity index (χ0) is 9.68. The van der Waals surface area contributed by atoms with Crippen LogP contribution in [-0.4, -0.2) is 18.1 Å². The van der Waals surface area contributed by atoms with Crippen molar-refractivity contribution in [3.63, 3.8) is 0 Å². The molecule has 0 saturated heterocycles. The molecule has 0 radical (unpaired) electrons. The second-order valence-electron chi connectivity index (χ2n) is 2.69. The molecule has 0 spiro atoms. The molecule has 0 aliphatic heterocycles. The third-order valence-corrected chi connectivity index (χ3v) is 2.79. The maximum absolute atomic E-state index is 4.32. The van der Waals surface area contributed by atoms with Gasteiger partial charge in [0, 0.05) is 28.1 Å². The first-order chi connectivity index (χ1) is 6.24. The minimum atomic E-state index is 0.960. The number of nitrogens with one attached hydrogen (secondary N) is 1. The largest absolute Gasteiger partial charge is 0.317 e. The maximum atomic E-state index is 4.32. The quantitative estimate of drug-likeness (QED) is 0.865. The van der Waals surface area contributed by atoms with Gasteiger partial charge in [-0.3, -0.25) is 4.98 Å². The number of halogens is 2. The van der Waals surface area contributed by atoms with Crippen molar-refractivity contribution in [2.45, 2.75) is 13.3 Å². The summed E-state index contributed by atoms with van der Waals surface area (Å²) in [4.78, 5) is 4.32. The predicted octanol–water partition coefficient (Wildman–Crippen LogP) is 2.76. The van der Waals surface area contributed by atoms with E-state index in [1.807, 2.05) is 12.3 Å². The second kappa shape index (κ2) is 5.73. The second-order valence-corrected chi connectivity index (χ2v) is 4.46. The number of aromatic nitrogens is 1. The summed E-state index contributed by atoms with van der Waals surface area (Å²) in [6.07, 6.45) is 2.79. The molecule has 1 rings (SSSR count). The lowest BCUT2D eigenvalue weighted by atomic mass is 10.3. The SMILES string of the molecule is CCNCCc1ncc(Br)cc1Br. The molecule has 1 heterocycles. The average Bonchev–Trinajstić information content (AvgIpc) is 2.09. The van der Waals surface area contributed by atoms with Crippen LogP contribution in [0.3, 0.4) is 0 Å². The van der Waals surface area contributed by atoms with E-state index < -0.39 is 0 Å². The number of hydrogen-bond acceptors (Lipinski definition) is 2. The molecule has 0 aliphatic carbocycles. The van der Waals surface area contributed by atoms with Gasteiger partial charge in [-0.25, -0.2) is 0 Å². The van der Waals surface area contributed by atoms with Crippen LogP contribution in [0.25, 0.3) is 0 Å². The molecule has 0 bridgehead atoms. The van der Waals surface area contributed by atoms with Crippen molar-refractivity contribution in [3.05, 3.63) is 26.9 Å². The smallest absolute Gasteiger partial charge is 0.0558 e. The average molecular weight is 308 g/mol. The van der Waals surface area contributed by atoms with E-state index in [0.29, 0.717) is 0 Å². The van der Waals surface area contributed by atoms with Crippen LogP contribution in [0, 0.1) is 0 Å². The first kappa shape index (κ1) is 11.1. The Morgan fingerprint density at radius 3 is 2.85 bits per heavy atom. The fraction of sp³-hybridized carbons (Fsp3) is 0.444. The van der Waals surface area contributed by atoms with Crippen molar-refractivity contribution in [3.8, 4) is 0 Å². The number of hydrogen-bond donors (Lipinski definition) is 1. The van der Waals surface area contributed by atoms with Crippen LogP contribution >= 0.6 is 31.9 Å². The van der Waals surface area contributed by atoms with E-state index in [9.17, 15) is 0 Å². The number of likely N-dealkylation sites (N-methyl/N-ethyl adjacent to an activating group) is 1. The van der Waals surface area contributed by atoms with Crippen LogP contribution in [0.5, 0.6) is 0 Å². The predicted molar refractivity (Wildman–Crippen MR) is 61.9 cm³/mol. The Balaban J connectivity index is 2.56. The van der Waals surface area contributed by atoms with Crippen molar-refractivity contribution in [1.82, 2.24) is 10.3 Å². The summed E-state index contributed by atoms with van der Waals surface area (Å²) in [6.45, 7) is 4.09. The van der Waals surface area contributed by atoms with Crippen LogP contribution < -0.4 is 5.32 Å². The molecular weight excluding hydrogens is 296 g/mol. The lowest BCUT2D eigenvalue weighted by Crippen LogP contribution is -2.16. The molecule has 1 aromatic rings. The molecule has 0 fully saturated rings. The van der Waals surface area contributed by atoms with Gasteiger partial charge < -0.3 is 5.32 Å². The van der Waals surface area contributed by atoms with Gasteiger partial charge in [0.2, 0.25) is 0 Å². The summed E-state index contributed by atoms with van der Waals surface area (Å²) in [5.41, 5.74) is 1.10. The molecule has 0 aliphatic rings. The first-order valence-corrected chi connectivity index (χ1v) is 5.83. The van der Waals surface area contributed by atoms with E-state index in [2.05, 4.69) is 49.1 Å². The van der Waals surface area contributed by atoms with E-state index in [1.165, 1.54) is 0 Å². The monoisotopic (exact) mass is 306 g/mol. The molecule has 0 atom stereocenters. The molecule has 72 valence electrons. The summed E-state index contributed by atoms with van der Waals surface area (Å²) in [6, 6.07) is 2.02. The van der Waals surface area contributed by atoms with E-state index >= 15 is 0 Å². The molecule has 4 heteroatoms. The van der Waals surface area contributed by atoms with Crippen LogP contribution in [-0.2, 0) is 6.42 Å². The van der Waals surface area contributed by atoms with Gasteiger partial charge in [-0.1, -0.05) is 6.92 Å². The summed E-state index contributed by atoms with van der Waals surface area (Å²) in [5.74, 6) is 0. The zero-order valence-corrected chi connectivity index (χ0v) is 10.7. The van der Waals surface area contributed by atoms with Crippen LogP contribution in [0.1, 0.15) is 12.6 Å². The van der Waals surface area contributed by atoms with Gasteiger partial charge in [0.15, 0.2) is 0 Å². The number of rotatable bonds is 4. The minimum absolute atomic E-state index is 0.960. The Kier molecular flexibility index (Phi) is 4.91. The third-order valence-electron chi connectivity index (χ3n) is 1.67. The highest BCUT2D eigenvalue weighted by molar-refractivity contribution is 9.11. The summed E-state index contributed by atoms with van der Waals surface area (Å²) >= 11 is 6.85. The Bertz CT molecular complexity index is 276. The van der Waals surface area contributed by atoms with Gasteiger partial charge in [-0.15, -0.1) is 0 Å². The normalized spacial score (nSPS) is 10.4. The minimum Gasteiger partial charge on any atom is -0.317 e. The lowest BCUT2D eigenvalue weighted by Gasteiger charge is -2.03. The Morgan fingerprint density at radius 1 is 1.46 bits per heavy atom. The molecule has 13 heavy (non-hydrogen) atoms. The van der Waals surface area contributed by atoms with Crippen molar-refractivity contribution in [2.75, 3.05) is 13.1 Å². The Morgan fingerprint density at radius 2 is 2.23 bits per heavy atom. The fourth-order valence-corrected chi connectivity index (χ4v) is 2.20. The van der Waals surface area contributed by atoms with Gasteiger partial charge in [-0.2, -0.15) is 0 Å². The summed E-state index contributed by atoms with van der Waals surface area (Å²) < 4.78 is 2.08. The van der Waals surface area contributed by atoms with Gasteiger partial charge in [0.1, 0.15) is 0 Å². The van der Waals surface area contributed by atoms with Crippen LogP contribution in [0.15, 0.2) is 21.2 Å². The van der Waals surface area contributed by atoms with Gasteiger partial charge in [0.25, 0.3) is 0 Å². The van der Waals surface area contributed by atoms with Crippen molar-refractivity contribution in [2.24, 2.45) is 0 Å². The molecule has 0 saturated carbocycles. The van der Waals surface area contributed by atoms with Crippen LogP contribution in [0.4, 0.5) is 0 Å². The van der Waals surface area contributed by atoms with Gasteiger partial charge in [-0.05, 0) is 44.5 Å². The molecule has 0 amide bonds. The fourth-order valence-electron chi connectivity index (χ4n) is 1.01.